The number of anilines is 1. The molecule has 4 nitrogen and oxygen atoms in total. The number of alkyl halides is 1. The van der Waals surface area contributed by atoms with Crippen molar-refractivity contribution in [2.75, 3.05) is 17.3 Å². The minimum atomic E-state index is -0.321. The van der Waals surface area contributed by atoms with Crippen LogP contribution >= 0.6 is 27.3 Å². The molecular weight excluding hydrogens is 354 g/mol. The third kappa shape index (κ3) is 3.86. The van der Waals surface area contributed by atoms with E-state index in [2.05, 4.69) is 28.2 Å². The lowest BCUT2D eigenvalue weighted by atomic mass is 9.88. The van der Waals surface area contributed by atoms with Crippen molar-refractivity contribution in [3.05, 3.63) is 16.0 Å². The summed E-state index contributed by atoms with van der Waals surface area (Å²) in [5, 5.41) is 4.13. The molecule has 1 aromatic heterocycles. The van der Waals surface area contributed by atoms with Crippen LogP contribution in [0.2, 0.25) is 0 Å². The molecule has 1 amide bonds. The zero-order valence-corrected chi connectivity index (χ0v) is 14.7. The fourth-order valence-corrected chi connectivity index (χ4v) is 4.31. The molecule has 1 atom stereocenters. The third-order valence-corrected chi connectivity index (χ3v) is 5.13. The lowest BCUT2D eigenvalue weighted by Gasteiger charge is -2.18. The molecule has 0 fully saturated rings. The van der Waals surface area contributed by atoms with Gasteiger partial charge in [0.25, 0.3) is 0 Å². The summed E-state index contributed by atoms with van der Waals surface area (Å²) in [6.07, 6.45) is 3.32. The first kappa shape index (κ1) is 16.5. The third-order valence-electron chi connectivity index (χ3n) is 3.57. The summed E-state index contributed by atoms with van der Waals surface area (Å²) in [5.74, 6) is 0.222. The van der Waals surface area contributed by atoms with Crippen LogP contribution in [0.4, 0.5) is 5.00 Å². The van der Waals surface area contributed by atoms with Crippen LogP contribution in [0.15, 0.2) is 0 Å². The predicted molar refractivity (Wildman–Crippen MR) is 88.5 cm³/mol. The number of ether oxygens (including phenoxy) is 1. The second-order valence-corrected chi connectivity index (χ2v) is 7.16. The second-order valence-electron chi connectivity index (χ2n) is 5.26. The monoisotopic (exact) mass is 373 g/mol. The second kappa shape index (κ2) is 7.40. The van der Waals surface area contributed by atoms with Crippen LogP contribution in [-0.4, -0.2) is 23.8 Å². The summed E-state index contributed by atoms with van der Waals surface area (Å²) < 4.78 is 5.17. The average molecular weight is 374 g/mol. The standard InChI is InChI=1S/C15H20BrNO3S/c1-3-20-15(19)13-10-5-4-9(2)8-11(10)21-14(13)17-12(18)6-7-16/h9H,3-8H2,1-2H3,(H,17,18). The molecule has 0 spiro atoms. The number of carbonyl (C=O) groups excluding carboxylic acids is 2. The molecule has 0 radical (unpaired) electrons. The van der Waals surface area contributed by atoms with Crippen molar-refractivity contribution in [2.24, 2.45) is 5.92 Å². The van der Waals surface area contributed by atoms with Crippen LogP contribution in [0.3, 0.4) is 0 Å². The van der Waals surface area contributed by atoms with Crippen LogP contribution in [0.1, 0.15) is 47.5 Å². The summed E-state index contributed by atoms with van der Waals surface area (Å²) in [6.45, 7) is 4.35. The van der Waals surface area contributed by atoms with Gasteiger partial charge in [-0.25, -0.2) is 4.79 Å². The summed E-state index contributed by atoms with van der Waals surface area (Å²) in [5.41, 5.74) is 1.65. The summed E-state index contributed by atoms with van der Waals surface area (Å²) in [6, 6.07) is 0. The van der Waals surface area contributed by atoms with Crippen molar-refractivity contribution in [3.8, 4) is 0 Å². The molecule has 0 aliphatic heterocycles. The van der Waals surface area contributed by atoms with E-state index >= 15 is 0 Å². The predicted octanol–water partition coefficient (Wildman–Crippen LogP) is 3.77. The Balaban J connectivity index is 2.33. The van der Waals surface area contributed by atoms with E-state index in [-0.39, 0.29) is 11.9 Å². The van der Waals surface area contributed by atoms with E-state index in [1.807, 2.05) is 0 Å². The zero-order chi connectivity index (χ0) is 15.4. The van der Waals surface area contributed by atoms with Gasteiger partial charge >= 0.3 is 5.97 Å². The highest BCUT2D eigenvalue weighted by atomic mass is 79.9. The molecule has 1 aliphatic rings. The number of esters is 1. The number of hydrogen-bond donors (Lipinski definition) is 1. The number of nitrogens with one attached hydrogen (secondary N) is 1. The molecule has 1 heterocycles. The van der Waals surface area contributed by atoms with E-state index in [1.54, 1.807) is 6.92 Å². The molecule has 1 aliphatic carbocycles. The Bertz CT molecular complexity index is 541. The number of hydrogen-bond acceptors (Lipinski definition) is 4. The molecule has 1 unspecified atom stereocenters. The van der Waals surface area contributed by atoms with Crippen LogP contribution in [0.5, 0.6) is 0 Å². The number of rotatable bonds is 5. The van der Waals surface area contributed by atoms with Crippen molar-refractivity contribution in [1.29, 1.82) is 0 Å². The fraction of sp³-hybridized carbons (Fsp3) is 0.600. The molecule has 0 saturated heterocycles. The van der Waals surface area contributed by atoms with Gasteiger partial charge in [0.1, 0.15) is 5.00 Å². The Labute approximate surface area is 137 Å². The number of fused-ring (bicyclic) bond motifs is 1. The highest BCUT2D eigenvalue weighted by Crippen LogP contribution is 2.40. The van der Waals surface area contributed by atoms with Crippen LogP contribution in [0, 0.1) is 5.92 Å². The van der Waals surface area contributed by atoms with Gasteiger partial charge in [-0.15, -0.1) is 11.3 Å². The lowest BCUT2D eigenvalue weighted by Crippen LogP contribution is -2.16. The molecule has 2 rings (SSSR count). The van der Waals surface area contributed by atoms with Gasteiger partial charge in [0.05, 0.1) is 12.2 Å². The molecule has 1 N–H and O–H groups in total. The molecule has 0 saturated carbocycles. The Kier molecular flexibility index (Phi) is 5.81. The zero-order valence-electron chi connectivity index (χ0n) is 12.3. The van der Waals surface area contributed by atoms with Crippen LogP contribution in [-0.2, 0) is 22.4 Å². The average Bonchev–Trinajstić information content (AvgIpc) is 2.75. The van der Waals surface area contributed by atoms with Gasteiger partial charge in [-0.2, -0.15) is 0 Å². The minimum absolute atomic E-state index is 0.0796. The van der Waals surface area contributed by atoms with E-state index in [0.29, 0.717) is 34.8 Å². The fourth-order valence-electron chi connectivity index (χ4n) is 2.53. The first-order valence-corrected chi connectivity index (χ1v) is 9.18. The van der Waals surface area contributed by atoms with Gasteiger partial charge in [-0.3, -0.25) is 4.79 Å². The smallest absolute Gasteiger partial charge is 0.341 e. The molecule has 0 bridgehead atoms. The summed E-state index contributed by atoms with van der Waals surface area (Å²) >= 11 is 4.78. The number of thiophene rings is 1. The van der Waals surface area contributed by atoms with Crippen molar-refractivity contribution in [3.63, 3.8) is 0 Å². The van der Waals surface area contributed by atoms with Crippen molar-refractivity contribution < 1.29 is 14.3 Å². The SMILES string of the molecule is CCOC(=O)c1c(NC(=O)CCBr)sc2c1CCC(C)C2. The Morgan fingerprint density at radius 2 is 2.24 bits per heavy atom. The van der Waals surface area contributed by atoms with Gasteiger partial charge < -0.3 is 10.1 Å². The molecule has 21 heavy (non-hydrogen) atoms. The minimum Gasteiger partial charge on any atom is -0.462 e. The van der Waals surface area contributed by atoms with E-state index < -0.39 is 0 Å². The summed E-state index contributed by atoms with van der Waals surface area (Å²) in [4.78, 5) is 25.3. The Morgan fingerprint density at radius 3 is 2.90 bits per heavy atom. The van der Waals surface area contributed by atoms with Gasteiger partial charge in [0, 0.05) is 16.6 Å². The van der Waals surface area contributed by atoms with Crippen molar-refractivity contribution >= 4 is 44.1 Å². The largest absolute Gasteiger partial charge is 0.462 e. The van der Waals surface area contributed by atoms with Gasteiger partial charge in [0.2, 0.25) is 5.91 Å². The summed E-state index contributed by atoms with van der Waals surface area (Å²) in [7, 11) is 0. The van der Waals surface area contributed by atoms with Gasteiger partial charge in [-0.05, 0) is 37.7 Å². The highest BCUT2D eigenvalue weighted by molar-refractivity contribution is 9.09. The topological polar surface area (TPSA) is 55.4 Å². The first-order valence-electron chi connectivity index (χ1n) is 7.24. The Morgan fingerprint density at radius 1 is 1.48 bits per heavy atom. The normalized spacial score (nSPS) is 17.2. The molecule has 0 aromatic carbocycles. The lowest BCUT2D eigenvalue weighted by molar-refractivity contribution is -0.115. The first-order chi connectivity index (χ1) is 10.1. The van der Waals surface area contributed by atoms with E-state index in [4.69, 9.17) is 4.74 Å². The van der Waals surface area contributed by atoms with E-state index in [0.717, 1.165) is 24.8 Å². The molecular formula is C15H20BrNO3S. The van der Waals surface area contributed by atoms with Gasteiger partial charge in [0.15, 0.2) is 0 Å². The van der Waals surface area contributed by atoms with Crippen molar-refractivity contribution in [1.82, 2.24) is 0 Å². The number of halogens is 1. The van der Waals surface area contributed by atoms with E-state index in [9.17, 15) is 9.59 Å². The van der Waals surface area contributed by atoms with Crippen LogP contribution in [0.25, 0.3) is 0 Å². The maximum Gasteiger partial charge on any atom is 0.341 e. The molecule has 1 aromatic rings. The maximum atomic E-state index is 12.2. The van der Waals surface area contributed by atoms with Crippen molar-refractivity contribution in [2.45, 2.75) is 39.5 Å². The molecule has 6 heteroatoms. The number of amides is 1. The quantitative estimate of drug-likeness (QED) is 0.631. The highest BCUT2D eigenvalue weighted by Gasteiger charge is 2.28. The van der Waals surface area contributed by atoms with Gasteiger partial charge in [-0.1, -0.05) is 22.9 Å². The number of carbonyl (C=O) groups is 2. The Hall–Kier alpha value is -0.880. The molecule has 116 valence electrons. The van der Waals surface area contributed by atoms with E-state index in [1.165, 1.54) is 16.2 Å². The van der Waals surface area contributed by atoms with Crippen LogP contribution < -0.4 is 5.32 Å². The maximum absolute atomic E-state index is 12.2.